The van der Waals surface area contributed by atoms with E-state index in [2.05, 4.69) is 55.5 Å². The third kappa shape index (κ3) is 4.70. The number of carbonyl (C=O) groups excluding carboxylic acids is 1. The smallest absolute Gasteiger partial charge is 0.197 e. The lowest BCUT2D eigenvalue weighted by molar-refractivity contribution is 0.104. The topological polar surface area (TPSA) is 52.7 Å². The zero-order valence-electron chi connectivity index (χ0n) is 20.8. The van der Waals surface area contributed by atoms with E-state index in [4.69, 9.17) is 0 Å². The molecule has 5 nitrogen and oxygen atoms in total. The summed E-state index contributed by atoms with van der Waals surface area (Å²) in [5.41, 5.74) is 7.31. The normalized spacial score (nSPS) is 10.9. The fraction of sp³-hybridized carbons (Fsp3) is 0.0606. The van der Waals surface area contributed by atoms with E-state index < -0.39 is 0 Å². The fourth-order valence-corrected chi connectivity index (χ4v) is 4.93. The third-order valence-electron chi connectivity index (χ3n) is 6.66. The number of hydrogen-bond acceptors (Lipinski definition) is 3. The van der Waals surface area contributed by atoms with Crippen LogP contribution in [0.1, 0.15) is 27.0 Å². The van der Waals surface area contributed by atoms with Crippen molar-refractivity contribution in [2.75, 3.05) is 0 Å². The maximum absolute atomic E-state index is 14.3. The summed E-state index contributed by atoms with van der Waals surface area (Å²) in [6, 6.07) is 32.1. The van der Waals surface area contributed by atoms with Gasteiger partial charge >= 0.3 is 0 Å². The van der Waals surface area contributed by atoms with Crippen LogP contribution >= 0.6 is 0 Å². The molecule has 0 unspecified atom stereocenters. The lowest BCUT2D eigenvalue weighted by Gasteiger charge is -2.14. The van der Waals surface area contributed by atoms with Crippen LogP contribution in [0.3, 0.4) is 0 Å². The molecule has 4 heterocycles. The number of carbonyl (C=O) groups is 1. The molecule has 0 fully saturated rings. The molecule has 0 amide bonds. The molecular weight excluding hydrogens is 468 g/mol. The van der Waals surface area contributed by atoms with E-state index in [0.29, 0.717) is 24.2 Å². The molecule has 0 spiro atoms. The monoisotopic (exact) mass is 494 g/mol. The first-order valence-corrected chi connectivity index (χ1v) is 12.6. The quantitative estimate of drug-likeness (QED) is 0.220. The molecule has 0 atom stereocenters. The van der Waals surface area contributed by atoms with Crippen molar-refractivity contribution in [3.63, 3.8) is 0 Å². The van der Waals surface area contributed by atoms with Gasteiger partial charge in [0.25, 0.3) is 0 Å². The molecule has 0 N–H and O–H groups in total. The second kappa shape index (κ2) is 10.5. The Kier molecular flexibility index (Phi) is 6.48. The summed E-state index contributed by atoms with van der Waals surface area (Å²) in [5.74, 6) is -0.00224. The van der Waals surface area contributed by atoms with Gasteiger partial charge in [-0.25, -0.2) is 0 Å². The maximum atomic E-state index is 14.3. The number of pyridine rings is 2. The van der Waals surface area contributed by atoms with E-state index in [-0.39, 0.29) is 5.78 Å². The second-order valence-electron chi connectivity index (χ2n) is 9.20. The van der Waals surface area contributed by atoms with Gasteiger partial charge in [0.2, 0.25) is 0 Å². The lowest BCUT2D eigenvalue weighted by Crippen LogP contribution is -2.08. The molecule has 0 bridgehead atoms. The first kappa shape index (κ1) is 23.4. The summed E-state index contributed by atoms with van der Waals surface area (Å²) in [5, 5.41) is 0. The van der Waals surface area contributed by atoms with Gasteiger partial charge in [0.05, 0.1) is 11.4 Å². The summed E-state index contributed by atoms with van der Waals surface area (Å²) in [6.07, 6.45) is 11.3. The van der Waals surface area contributed by atoms with Crippen LogP contribution in [0.5, 0.6) is 0 Å². The Hall–Kier alpha value is -5.03. The number of aromatic nitrogens is 4. The summed E-state index contributed by atoms with van der Waals surface area (Å²) >= 11 is 0. The largest absolute Gasteiger partial charge is 0.342 e. The van der Waals surface area contributed by atoms with Crippen LogP contribution in [-0.2, 0) is 13.1 Å². The molecule has 6 aromatic rings. The molecule has 184 valence electrons. The van der Waals surface area contributed by atoms with Crippen molar-refractivity contribution in [1.29, 1.82) is 0 Å². The summed E-state index contributed by atoms with van der Waals surface area (Å²) in [6.45, 7) is 1.25. The zero-order chi connectivity index (χ0) is 25.7. The molecule has 4 aromatic heterocycles. The zero-order valence-corrected chi connectivity index (χ0v) is 20.8. The van der Waals surface area contributed by atoms with Crippen LogP contribution in [0, 0.1) is 0 Å². The van der Waals surface area contributed by atoms with Crippen molar-refractivity contribution in [3.8, 4) is 22.5 Å². The van der Waals surface area contributed by atoms with E-state index in [1.54, 1.807) is 12.4 Å². The lowest BCUT2D eigenvalue weighted by atomic mass is 9.97. The molecule has 0 aliphatic carbocycles. The average molecular weight is 495 g/mol. The molecule has 0 aliphatic rings. The average Bonchev–Trinajstić information content (AvgIpc) is 3.59. The summed E-state index contributed by atoms with van der Waals surface area (Å²) in [7, 11) is 0. The van der Waals surface area contributed by atoms with Crippen molar-refractivity contribution in [1.82, 2.24) is 19.1 Å². The predicted octanol–water partition coefficient (Wildman–Crippen LogP) is 6.74. The van der Waals surface area contributed by atoms with Gasteiger partial charge in [0.15, 0.2) is 5.78 Å². The van der Waals surface area contributed by atoms with Gasteiger partial charge in [-0.1, -0.05) is 72.8 Å². The predicted molar refractivity (Wildman–Crippen MR) is 150 cm³/mol. The fourth-order valence-electron chi connectivity index (χ4n) is 4.93. The van der Waals surface area contributed by atoms with Gasteiger partial charge in [0.1, 0.15) is 0 Å². The minimum absolute atomic E-state index is 0.00224. The Morgan fingerprint density at radius 2 is 1.00 bits per heavy atom. The van der Waals surface area contributed by atoms with Crippen LogP contribution in [0.25, 0.3) is 22.5 Å². The Labute approximate surface area is 221 Å². The maximum Gasteiger partial charge on any atom is 0.197 e. The first-order valence-electron chi connectivity index (χ1n) is 12.6. The number of nitrogens with zero attached hydrogens (tertiary/aromatic N) is 4. The minimum atomic E-state index is -0.00224. The molecule has 0 aliphatic heterocycles. The van der Waals surface area contributed by atoms with Gasteiger partial charge in [-0.3, -0.25) is 14.8 Å². The molecule has 0 saturated heterocycles. The van der Waals surface area contributed by atoms with Crippen LogP contribution in [-0.4, -0.2) is 24.9 Å². The summed E-state index contributed by atoms with van der Waals surface area (Å²) in [4.78, 5) is 22.8. The van der Waals surface area contributed by atoms with Gasteiger partial charge in [-0.05, 0) is 46.5 Å². The van der Waals surface area contributed by atoms with E-state index in [1.165, 1.54) is 0 Å². The van der Waals surface area contributed by atoms with Crippen molar-refractivity contribution in [3.05, 3.63) is 156 Å². The highest BCUT2D eigenvalue weighted by Gasteiger charge is 2.24. The SMILES string of the molecule is O=C(c1ccn(Cc2cccnc2)c1-c1ccccc1)c1ccn(Cc2cccnc2)c1-c1ccccc1. The number of benzene rings is 2. The Balaban J connectivity index is 1.46. The first-order chi connectivity index (χ1) is 18.8. The van der Waals surface area contributed by atoms with Crippen LogP contribution in [0.15, 0.2) is 134 Å². The molecule has 0 saturated carbocycles. The van der Waals surface area contributed by atoms with Crippen LogP contribution < -0.4 is 0 Å². The number of ketones is 1. The molecule has 0 radical (unpaired) electrons. The Morgan fingerprint density at radius 3 is 1.39 bits per heavy atom. The minimum Gasteiger partial charge on any atom is -0.342 e. The van der Waals surface area contributed by atoms with Gasteiger partial charge in [0, 0.05) is 61.4 Å². The van der Waals surface area contributed by atoms with Gasteiger partial charge in [-0.15, -0.1) is 0 Å². The van der Waals surface area contributed by atoms with Crippen molar-refractivity contribution >= 4 is 5.78 Å². The highest BCUT2D eigenvalue weighted by atomic mass is 16.1. The van der Waals surface area contributed by atoms with Crippen molar-refractivity contribution in [2.24, 2.45) is 0 Å². The van der Waals surface area contributed by atoms with E-state index in [9.17, 15) is 4.79 Å². The molecule has 38 heavy (non-hydrogen) atoms. The Bertz CT molecular complexity index is 1530. The number of hydrogen-bond donors (Lipinski definition) is 0. The van der Waals surface area contributed by atoms with Crippen LogP contribution in [0.2, 0.25) is 0 Å². The molecular formula is C33H26N4O. The molecule has 5 heteroatoms. The number of rotatable bonds is 8. The van der Waals surface area contributed by atoms with Crippen molar-refractivity contribution < 1.29 is 4.79 Å². The van der Waals surface area contributed by atoms with Gasteiger partial charge in [-0.2, -0.15) is 0 Å². The summed E-state index contributed by atoms with van der Waals surface area (Å²) < 4.78 is 4.27. The van der Waals surface area contributed by atoms with E-state index in [1.807, 2.05) is 85.5 Å². The van der Waals surface area contributed by atoms with Gasteiger partial charge < -0.3 is 9.13 Å². The highest BCUT2D eigenvalue weighted by molar-refractivity contribution is 6.15. The van der Waals surface area contributed by atoms with Crippen molar-refractivity contribution in [2.45, 2.75) is 13.1 Å². The van der Waals surface area contributed by atoms with Crippen LogP contribution in [0.4, 0.5) is 0 Å². The molecule has 2 aromatic carbocycles. The Morgan fingerprint density at radius 1 is 0.553 bits per heavy atom. The standard InChI is InChI=1S/C33H26N4O/c38-33(29-15-19-36(23-25-9-7-17-34-21-25)31(29)27-11-3-1-4-12-27)30-16-20-37(24-26-10-8-18-35-22-26)32(30)28-13-5-2-6-14-28/h1-22H,23-24H2. The molecule has 6 rings (SSSR count). The second-order valence-corrected chi connectivity index (χ2v) is 9.20. The van der Waals surface area contributed by atoms with E-state index in [0.717, 1.165) is 33.6 Å². The third-order valence-corrected chi connectivity index (χ3v) is 6.66. The van der Waals surface area contributed by atoms with E-state index >= 15 is 0 Å². The highest BCUT2D eigenvalue weighted by Crippen LogP contribution is 2.32.